The SMILES string of the molecule is CCc1cccc(C)c1NC(=O)CCn1c(C)csc1=O. The van der Waals surface area contributed by atoms with Crippen LogP contribution in [0.3, 0.4) is 0 Å². The molecule has 0 bridgehead atoms. The predicted molar refractivity (Wildman–Crippen MR) is 87.1 cm³/mol. The Hall–Kier alpha value is -1.88. The van der Waals surface area contributed by atoms with Gasteiger partial charge in [-0.1, -0.05) is 36.5 Å². The maximum atomic E-state index is 12.1. The van der Waals surface area contributed by atoms with E-state index in [1.54, 1.807) is 4.57 Å². The smallest absolute Gasteiger partial charge is 0.307 e. The first kappa shape index (κ1) is 15.5. The van der Waals surface area contributed by atoms with E-state index in [0.29, 0.717) is 13.0 Å². The third-order valence-corrected chi connectivity index (χ3v) is 4.42. The molecular formula is C16H20N2O2S. The van der Waals surface area contributed by atoms with Crippen LogP contribution >= 0.6 is 11.3 Å². The zero-order chi connectivity index (χ0) is 15.4. The number of carbonyl (C=O) groups excluding carboxylic acids is 1. The van der Waals surface area contributed by atoms with Crippen LogP contribution in [0.15, 0.2) is 28.4 Å². The van der Waals surface area contributed by atoms with E-state index >= 15 is 0 Å². The number of aryl methyl sites for hydroxylation is 3. The van der Waals surface area contributed by atoms with Crippen molar-refractivity contribution < 1.29 is 4.79 Å². The van der Waals surface area contributed by atoms with Crippen molar-refractivity contribution in [3.05, 3.63) is 50.1 Å². The van der Waals surface area contributed by atoms with Crippen LogP contribution in [0.2, 0.25) is 0 Å². The van der Waals surface area contributed by atoms with E-state index in [0.717, 1.165) is 28.9 Å². The zero-order valence-electron chi connectivity index (χ0n) is 12.6. The molecule has 112 valence electrons. The first-order chi connectivity index (χ1) is 10.0. The van der Waals surface area contributed by atoms with Gasteiger partial charge in [0, 0.05) is 29.7 Å². The van der Waals surface area contributed by atoms with Crippen LogP contribution < -0.4 is 10.2 Å². The fraction of sp³-hybridized carbons (Fsp3) is 0.375. The van der Waals surface area contributed by atoms with Gasteiger partial charge < -0.3 is 9.88 Å². The summed E-state index contributed by atoms with van der Waals surface area (Å²) in [6.45, 7) is 6.36. The third-order valence-electron chi connectivity index (χ3n) is 3.54. The Morgan fingerprint density at radius 1 is 1.33 bits per heavy atom. The second-order valence-corrected chi connectivity index (χ2v) is 5.88. The van der Waals surface area contributed by atoms with Crippen molar-refractivity contribution in [3.63, 3.8) is 0 Å². The van der Waals surface area contributed by atoms with Gasteiger partial charge in [-0.05, 0) is 31.4 Å². The first-order valence-electron chi connectivity index (χ1n) is 7.06. The summed E-state index contributed by atoms with van der Waals surface area (Å²) in [5.41, 5.74) is 4.00. The van der Waals surface area contributed by atoms with Crippen molar-refractivity contribution in [1.29, 1.82) is 0 Å². The molecule has 1 aromatic carbocycles. The lowest BCUT2D eigenvalue weighted by Gasteiger charge is -2.13. The number of anilines is 1. The number of nitrogens with one attached hydrogen (secondary N) is 1. The van der Waals surface area contributed by atoms with Crippen molar-refractivity contribution in [3.8, 4) is 0 Å². The summed E-state index contributed by atoms with van der Waals surface area (Å²) in [6, 6.07) is 6.01. The maximum absolute atomic E-state index is 12.1. The molecule has 0 spiro atoms. The molecule has 0 saturated carbocycles. The van der Waals surface area contributed by atoms with E-state index in [2.05, 4.69) is 12.2 Å². The van der Waals surface area contributed by atoms with Crippen LogP contribution in [0, 0.1) is 13.8 Å². The topological polar surface area (TPSA) is 51.1 Å². The number of hydrogen-bond donors (Lipinski definition) is 1. The minimum atomic E-state index is -0.0588. The van der Waals surface area contributed by atoms with Crippen LogP contribution in [0.5, 0.6) is 0 Å². The summed E-state index contributed by atoms with van der Waals surface area (Å²) >= 11 is 1.17. The Bertz CT molecular complexity index is 701. The lowest BCUT2D eigenvalue weighted by atomic mass is 10.1. The molecule has 2 rings (SSSR count). The average molecular weight is 304 g/mol. The fourth-order valence-corrected chi connectivity index (χ4v) is 3.05. The van der Waals surface area contributed by atoms with E-state index < -0.39 is 0 Å². The van der Waals surface area contributed by atoms with Gasteiger partial charge in [-0.2, -0.15) is 0 Å². The lowest BCUT2D eigenvalue weighted by Crippen LogP contribution is -2.20. The van der Waals surface area contributed by atoms with Gasteiger partial charge in [-0.3, -0.25) is 9.59 Å². The van der Waals surface area contributed by atoms with Crippen molar-refractivity contribution in [2.75, 3.05) is 5.32 Å². The highest BCUT2D eigenvalue weighted by molar-refractivity contribution is 7.07. The number of para-hydroxylation sites is 1. The van der Waals surface area contributed by atoms with Gasteiger partial charge in [0.2, 0.25) is 5.91 Å². The Morgan fingerprint density at radius 3 is 2.71 bits per heavy atom. The largest absolute Gasteiger partial charge is 0.326 e. The minimum Gasteiger partial charge on any atom is -0.326 e. The molecule has 0 saturated heterocycles. The zero-order valence-corrected chi connectivity index (χ0v) is 13.4. The van der Waals surface area contributed by atoms with E-state index in [4.69, 9.17) is 0 Å². The quantitative estimate of drug-likeness (QED) is 0.922. The molecule has 0 aliphatic heterocycles. The lowest BCUT2D eigenvalue weighted by molar-refractivity contribution is -0.116. The number of aromatic nitrogens is 1. The highest BCUT2D eigenvalue weighted by atomic mass is 32.1. The summed E-state index contributed by atoms with van der Waals surface area (Å²) in [4.78, 5) is 23.7. The normalized spacial score (nSPS) is 10.6. The van der Waals surface area contributed by atoms with Gasteiger partial charge in [0.15, 0.2) is 0 Å². The minimum absolute atomic E-state index is 0.00885. The molecule has 1 N–H and O–H groups in total. The number of amides is 1. The summed E-state index contributed by atoms with van der Waals surface area (Å²) < 4.78 is 1.64. The number of hydrogen-bond acceptors (Lipinski definition) is 3. The third kappa shape index (κ3) is 3.61. The van der Waals surface area contributed by atoms with Crippen molar-refractivity contribution in [2.24, 2.45) is 0 Å². The Morgan fingerprint density at radius 2 is 2.10 bits per heavy atom. The highest BCUT2D eigenvalue weighted by Gasteiger charge is 2.10. The second-order valence-electron chi connectivity index (χ2n) is 5.06. The Kier molecular flexibility index (Phi) is 4.96. The molecule has 0 fully saturated rings. The fourth-order valence-electron chi connectivity index (χ4n) is 2.29. The predicted octanol–water partition coefficient (Wildman–Crippen LogP) is 3.12. The van der Waals surface area contributed by atoms with Crippen molar-refractivity contribution in [1.82, 2.24) is 4.57 Å². The van der Waals surface area contributed by atoms with Crippen LogP contribution in [0.4, 0.5) is 5.69 Å². The Balaban J connectivity index is 2.05. The molecule has 5 heteroatoms. The molecule has 1 amide bonds. The molecule has 1 heterocycles. The average Bonchev–Trinajstić information content (AvgIpc) is 2.78. The monoisotopic (exact) mass is 304 g/mol. The summed E-state index contributed by atoms with van der Waals surface area (Å²) in [5.74, 6) is -0.0588. The van der Waals surface area contributed by atoms with Crippen LogP contribution in [-0.2, 0) is 17.8 Å². The number of thiazole rings is 1. The number of rotatable bonds is 5. The van der Waals surface area contributed by atoms with Gasteiger partial charge in [0.25, 0.3) is 0 Å². The molecule has 21 heavy (non-hydrogen) atoms. The van der Waals surface area contributed by atoms with Gasteiger partial charge >= 0.3 is 4.87 Å². The molecule has 4 nitrogen and oxygen atoms in total. The highest BCUT2D eigenvalue weighted by Crippen LogP contribution is 2.21. The van der Waals surface area contributed by atoms with Crippen LogP contribution in [-0.4, -0.2) is 10.5 Å². The standard InChI is InChI=1S/C16H20N2O2S/c1-4-13-7-5-6-11(2)15(13)17-14(19)8-9-18-12(3)10-21-16(18)20/h5-7,10H,4,8-9H2,1-3H3,(H,17,19). The molecule has 0 aliphatic carbocycles. The second kappa shape index (κ2) is 6.72. The van der Waals surface area contributed by atoms with E-state index in [-0.39, 0.29) is 10.8 Å². The van der Waals surface area contributed by atoms with Crippen LogP contribution in [0.1, 0.15) is 30.2 Å². The van der Waals surface area contributed by atoms with Gasteiger partial charge in [0.05, 0.1) is 0 Å². The molecule has 1 aromatic heterocycles. The maximum Gasteiger partial charge on any atom is 0.307 e. The Labute approximate surface area is 128 Å². The molecule has 0 unspecified atom stereocenters. The van der Waals surface area contributed by atoms with Crippen molar-refractivity contribution >= 4 is 22.9 Å². The summed E-state index contributed by atoms with van der Waals surface area (Å²) in [6.07, 6.45) is 1.18. The van der Waals surface area contributed by atoms with E-state index in [1.165, 1.54) is 11.3 Å². The van der Waals surface area contributed by atoms with Crippen molar-refractivity contribution in [2.45, 2.75) is 40.2 Å². The number of carbonyl (C=O) groups is 1. The first-order valence-corrected chi connectivity index (χ1v) is 7.94. The molecule has 0 atom stereocenters. The number of benzene rings is 1. The molecule has 0 aliphatic rings. The van der Waals surface area contributed by atoms with Gasteiger partial charge in [-0.25, -0.2) is 0 Å². The van der Waals surface area contributed by atoms with Crippen LogP contribution in [0.25, 0.3) is 0 Å². The van der Waals surface area contributed by atoms with Gasteiger partial charge in [-0.15, -0.1) is 0 Å². The summed E-state index contributed by atoms with van der Waals surface area (Å²) in [5, 5.41) is 4.80. The van der Waals surface area contributed by atoms with Gasteiger partial charge in [0.1, 0.15) is 0 Å². The summed E-state index contributed by atoms with van der Waals surface area (Å²) in [7, 11) is 0. The number of nitrogens with zero attached hydrogens (tertiary/aromatic N) is 1. The van der Waals surface area contributed by atoms with E-state index in [9.17, 15) is 9.59 Å². The molecular weight excluding hydrogens is 284 g/mol. The molecule has 0 radical (unpaired) electrons. The molecule has 2 aromatic rings. The van der Waals surface area contributed by atoms with E-state index in [1.807, 2.05) is 37.4 Å².